The van der Waals surface area contributed by atoms with Crippen molar-refractivity contribution in [2.24, 2.45) is 0 Å². The van der Waals surface area contributed by atoms with Crippen molar-refractivity contribution >= 4 is 21.4 Å². The van der Waals surface area contributed by atoms with Gasteiger partial charge in [0, 0.05) is 10.1 Å². The fraction of sp³-hybridized carbons (Fsp3) is 0.176. The van der Waals surface area contributed by atoms with Gasteiger partial charge in [-0.3, -0.25) is 0 Å². The Morgan fingerprint density at radius 1 is 1.05 bits per heavy atom. The molecule has 1 aliphatic rings. The molecule has 1 fully saturated rings. The van der Waals surface area contributed by atoms with E-state index < -0.39 is 0 Å². The van der Waals surface area contributed by atoms with E-state index in [0.29, 0.717) is 0 Å². The maximum Gasteiger partial charge on any atom is 0.152 e. The van der Waals surface area contributed by atoms with E-state index in [1.807, 2.05) is 30.3 Å². The number of ether oxygens (including phenoxy) is 2. The van der Waals surface area contributed by atoms with Crippen LogP contribution in [0.3, 0.4) is 0 Å². The lowest BCUT2D eigenvalue weighted by molar-refractivity contribution is 0.163. The first kappa shape index (κ1) is 11.9. The van der Waals surface area contributed by atoms with Crippen molar-refractivity contribution in [1.82, 2.24) is 0 Å². The van der Waals surface area contributed by atoms with Gasteiger partial charge in [-0.15, -0.1) is 11.3 Å². The van der Waals surface area contributed by atoms with Crippen LogP contribution in [0.5, 0.6) is 5.75 Å². The van der Waals surface area contributed by atoms with Gasteiger partial charge in [0.15, 0.2) is 6.10 Å². The summed E-state index contributed by atoms with van der Waals surface area (Å²) in [6.45, 7) is 0.777. The SMILES string of the molecule is c1ccc(C(Oc2cccc3sccc23)[C@@H]2CO2)cc1. The zero-order valence-electron chi connectivity index (χ0n) is 10.9. The van der Waals surface area contributed by atoms with Crippen LogP contribution in [0.2, 0.25) is 0 Å². The smallest absolute Gasteiger partial charge is 0.152 e. The minimum absolute atomic E-state index is 0.0262. The highest BCUT2D eigenvalue weighted by Crippen LogP contribution is 2.36. The number of rotatable bonds is 4. The van der Waals surface area contributed by atoms with Crippen LogP contribution in [-0.2, 0) is 4.74 Å². The molecule has 0 aliphatic carbocycles. The third-order valence-electron chi connectivity index (χ3n) is 3.53. The quantitative estimate of drug-likeness (QED) is 0.661. The van der Waals surface area contributed by atoms with Crippen LogP contribution >= 0.6 is 11.3 Å². The summed E-state index contributed by atoms with van der Waals surface area (Å²) < 4.78 is 13.0. The van der Waals surface area contributed by atoms with Crippen LogP contribution in [0.4, 0.5) is 0 Å². The molecule has 2 aromatic carbocycles. The molecule has 1 aliphatic heterocycles. The summed E-state index contributed by atoms with van der Waals surface area (Å²) in [7, 11) is 0. The number of benzene rings is 2. The summed E-state index contributed by atoms with van der Waals surface area (Å²) in [4.78, 5) is 0. The van der Waals surface area contributed by atoms with Crippen molar-refractivity contribution in [3.05, 3.63) is 65.5 Å². The fourth-order valence-corrected chi connectivity index (χ4v) is 3.24. The molecule has 2 nitrogen and oxygen atoms in total. The monoisotopic (exact) mass is 282 g/mol. The van der Waals surface area contributed by atoms with Gasteiger partial charge in [-0.05, 0) is 29.1 Å². The molecule has 3 heteroatoms. The molecule has 0 saturated carbocycles. The van der Waals surface area contributed by atoms with Gasteiger partial charge in [-0.1, -0.05) is 36.4 Å². The first-order valence-corrected chi connectivity index (χ1v) is 7.59. The summed E-state index contributed by atoms with van der Waals surface area (Å²) in [5.74, 6) is 0.938. The Morgan fingerprint density at radius 2 is 1.90 bits per heavy atom. The largest absolute Gasteiger partial charge is 0.482 e. The molecule has 2 heterocycles. The van der Waals surface area contributed by atoms with E-state index in [1.165, 1.54) is 15.6 Å². The predicted octanol–water partition coefficient (Wildman–Crippen LogP) is 4.42. The van der Waals surface area contributed by atoms with Gasteiger partial charge in [-0.25, -0.2) is 0 Å². The lowest BCUT2D eigenvalue weighted by atomic mass is 10.1. The highest BCUT2D eigenvalue weighted by Gasteiger charge is 2.36. The average molecular weight is 282 g/mol. The van der Waals surface area contributed by atoms with E-state index in [1.54, 1.807) is 11.3 Å². The minimum atomic E-state index is -0.0262. The first-order chi connectivity index (χ1) is 9.92. The lowest BCUT2D eigenvalue weighted by Crippen LogP contribution is -2.14. The molecule has 4 rings (SSSR count). The van der Waals surface area contributed by atoms with Crippen molar-refractivity contribution in [3.8, 4) is 5.75 Å². The Bertz CT molecular complexity index is 716. The molecule has 0 N–H and O–H groups in total. The second kappa shape index (κ2) is 4.93. The number of hydrogen-bond donors (Lipinski definition) is 0. The van der Waals surface area contributed by atoms with Gasteiger partial charge in [0.1, 0.15) is 11.9 Å². The van der Waals surface area contributed by atoms with E-state index in [2.05, 4.69) is 29.6 Å². The predicted molar refractivity (Wildman–Crippen MR) is 81.4 cm³/mol. The lowest BCUT2D eigenvalue weighted by Gasteiger charge is -2.18. The summed E-state index contributed by atoms with van der Waals surface area (Å²) in [6.07, 6.45) is 0.146. The Kier molecular flexibility index (Phi) is 2.94. The van der Waals surface area contributed by atoms with E-state index >= 15 is 0 Å². The van der Waals surface area contributed by atoms with E-state index in [9.17, 15) is 0 Å². The van der Waals surface area contributed by atoms with Crippen LogP contribution in [0.25, 0.3) is 10.1 Å². The van der Waals surface area contributed by atoms with Crippen molar-refractivity contribution in [3.63, 3.8) is 0 Å². The average Bonchev–Trinajstić information content (AvgIpc) is 3.22. The number of thiophene rings is 1. The van der Waals surface area contributed by atoms with Crippen molar-refractivity contribution < 1.29 is 9.47 Å². The summed E-state index contributed by atoms with van der Waals surface area (Å²) in [5, 5.41) is 3.28. The highest BCUT2D eigenvalue weighted by molar-refractivity contribution is 7.17. The molecule has 0 radical (unpaired) electrons. The number of epoxide rings is 1. The van der Waals surface area contributed by atoms with Gasteiger partial charge in [-0.2, -0.15) is 0 Å². The van der Waals surface area contributed by atoms with Crippen molar-refractivity contribution in [1.29, 1.82) is 0 Å². The molecule has 1 aromatic heterocycles. The Hall–Kier alpha value is -1.84. The molecular weight excluding hydrogens is 268 g/mol. The van der Waals surface area contributed by atoms with Gasteiger partial charge in [0.2, 0.25) is 0 Å². The van der Waals surface area contributed by atoms with Gasteiger partial charge in [0.05, 0.1) is 6.61 Å². The van der Waals surface area contributed by atoms with E-state index in [0.717, 1.165) is 12.4 Å². The molecule has 1 unspecified atom stereocenters. The highest BCUT2D eigenvalue weighted by atomic mass is 32.1. The molecule has 100 valence electrons. The van der Waals surface area contributed by atoms with Crippen LogP contribution in [0, 0.1) is 0 Å². The molecule has 3 aromatic rings. The molecule has 0 bridgehead atoms. The Balaban J connectivity index is 1.70. The van der Waals surface area contributed by atoms with Crippen molar-refractivity contribution in [2.45, 2.75) is 12.2 Å². The second-order valence-corrected chi connectivity index (χ2v) is 5.86. The molecule has 2 atom stereocenters. The van der Waals surface area contributed by atoms with E-state index in [-0.39, 0.29) is 12.2 Å². The molecule has 0 amide bonds. The zero-order chi connectivity index (χ0) is 13.4. The topological polar surface area (TPSA) is 21.8 Å². The van der Waals surface area contributed by atoms with Crippen LogP contribution in [0.1, 0.15) is 11.7 Å². The molecule has 1 saturated heterocycles. The normalized spacial score (nSPS) is 18.9. The van der Waals surface area contributed by atoms with Gasteiger partial charge < -0.3 is 9.47 Å². The standard InChI is InChI=1S/C17H14O2S/c1-2-5-12(6-3-1)17(15-11-18-15)19-14-7-4-8-16-13(14)9-10-20-16/h1-10,15,17H,11H2/t15-,17?/m0/s1. The molecular formula is C17H14O2S. The number of hydrogen-bond acceptors (Lipinski definition) is 3. The minimum Gasteiger partial charge on any atom is -0.482 e. The van der Waals surface area contributed by atoms with Crippen LogP contribution in [-0.4, -0.2) is 12.7 Å². The molecule has 0 spiro atoms. The van der Waals surface area contributed by atoms with Gasteiger partial charge in [0.25, 0.3) is 0 Å². The summed E-state index contributed by atoms with van der Waals surface area (Å²) in [6, 6.07) is 18.6. The summed E-state index contributed by atoms with van der Waals surface area (Å²) in [5.41, 5.74) is 1.17. The maximum atomic E-state index is 6.28. The zero-order valence-corrected chi connectivity index (χ0v) is 11.7. The van der Waals surface area contributed by atoms with Gasteiger partial charge >= 0.3 is 0 Å². The number of fused-ring (bicyclic) bond motifs is 1. The van der Waals surface area contributed by atoms with Crippen LogP contribution in [0.15, 0.2) is 60.0 Å². The third-order valence-corrected chi connectivity index (χ3v) is 4.42. The third kappa shape index (κ3) is 2.19. The van der Waals surface area contributed by atoms with Crippen molar-refractivity contribution in [2.75, 3.05) is 6.61 Å². The fourth-order valence-electron chi connectivity index (χ4n) is 2.44. The summed E-state index contributed by atoms with van der Waals surface area (Å²) >= 11 is 1.74. The first-order valence-electron chi connectivity index (χ1n) is 6.71. The second-order valence-electron chi connectivity index (χ2n) is 4.91. The Labute approximate surface area is 121 Å². The van der Waals surface area contributed by atoms with E-state index in [4.69, 9.17) is 9.47 Å². The molecule has 20 heavy (non-hydrogen) atoms. The van der Waals surface area contributed by atoms with Crippen LogP contribution < -0.4 is 4.74 Å². The maximum absolute atomic E-state index is 6.28. The Morgan fingerprint density at radius 3 is 2.70 bits per heavy atom.